The van der Waals surface area contributed by atoms with E-state index in [0.717, 1.165) is 0 Å². The van der Waals surface area contributed by atoms with Gasteiger partial charge >= 0.3 is 6.01 Å². The number of rotatable bonds is 7. The summed E-state index contributed by atoms with van der Waals surface area (Å²) in [5.41, 5.74) is 0. The predicted octanol–water partition coefficient (Wildman–Crippen LogP) is 1.76. The first-order valence-corrected chi connectivity index (χ1v) is 5.93. The van der Waals surface area contributed by atoms with Crippen LogP contribution in [0.25, 0.3) is 0 Å². The molecule has 0 aliphatic rings. The Morgan fingerprint density at radius 3 is 2.65 bits per heavy atom. The molecule has 6 nitrogen and oxygen atoms in total. The predicted molar refractivity (Wildman–Crippen MR) is 65.6 cm³/mol. The number of hydrogen-bond acceptors (Lipinski definition) is 6. The van der Waals surface area contributed by atoms with E-state index in [4.69, 9.17) is 21.1 Å². The van der Waals surface area contributed by atoms with Gasteiger partial charge in [0.25, 0.3) is 0 Å². The second-order valence-corrected chi connectivity index (χ2v) is 3.63. The summed E-state index contributed by atoms with van der Waals surface area (Å²) in [6.07, 6.45) is 0.0751. The van der Waals surface area contributed by atoms with Crippen LogP contribution < -0.4 is 10.1 Å². The number of nitrogens with one attached hydrogen (secondary N) is 1. The molecule has 1 heterocycles. The zero-order valence-corrected chi connectivity index (χ0v) is 11.0. The van der Waals surface area contributed by atoms with Crippen molar-refractivity contribution in [2.45, 2.75) is 26.9 Å². The number of nitrogens with zero attached hydrogens (tertiary/aromatic N) is 3. The lowest BCUT2D eigenvalue weighted by molar-refractivity contribution is 0.0854. The van der Waals surface area contributed by atoms with Gasteiger partial charge < -0.3 is 14.8 Å². The first-order valence-electron chi connectivity index (χ1n) is 5.55. The van der Waals surface area contributed by atoms with Crippen LogP contribution in [0.1, 0.15) is 20.8 Å². The highest BCUT2D eigenvalue weighted by molar-refractivity contribution is 6.28. The zero-order chi connectivity index (χ0) is 12.7. The van der Waals surface area contributed by atoms with Crippen LogP contribution in [0.4, 0.5) is 5.95 Å². The van der Waals surface area contributed by atoms with Crippen molar-refractivity contribution < 1.29 is 9.47 Å². The molecule has 1 aromatic heterocycles. The van der Waals surface area contributed by atoms with Crippen LogP contribution in [0, 0.1) is 0 Å². The van der Waals surface area contributed by atoms with Crippen molar-refractivity contribution in [1.82, 2.24) is 15.0 Å². The van der Waals surface area contributed by atoms with Gasteiger partial charge in [-0.15, -0.1) is 0 Å². The maximum atomic E-state index is 5.75. The van der Waals surface area contributed by atoms with Crippen molar-refractivity contribution in [3.05, 3.63) is 5.28 Å². The lowest BCUT2D eigenvalue weighted by Crippen LogP contribution is -2.21. The van der Waals surface area contributed by atoms with Crippen molar-refractivity contribution in [2.24, 2.45) is 0 Å². The average Bonchev–Trinajstić information content (AvgIpc) is 2.26. The molecule has 1 N–H and O–H groups in total. The summed E-state index contributed by atoms with van der Waals surface area (Å²) >= 11 is 5.75. The molecule has 96 valence electrons. The smallest absolute Gasteiger partial charge is 0.322 e. The molecule has 7 heteroatoms. The normalized spacial score (nSPS) is 12.2. The molecule has 0 radical (unpaired) electrons. The SMILES string of the molecule is CCOc1nc(Cl)nc(NCC(C)OCC)n1. The number of anilines is 1. The van der Waals surface area contributed by atoms with Gasteiger partial charge in [-0.3, -0.25) is 0 Å². The lowest BCUT2D eigenvalue weighted by Gasteiger charge is -2.12. The third-order valence-electron chi connectivity index (χ3n) is 1.86. The van der Waals surface area contributed by atoms with Gasteiger partial charge in [0, 0.05) is 13.2 Å². The Morgan fingerprint density at radius 1 is 1.24 bits per heavy atom. The molecule has 1 rings (SSSR count). The molecule has 0 bridgehead atoms. The minimum absolute atomic E-state index is 0.0751. The van der Waals surface area contributed by atoms with E-state index in [0.29, 0.717) is 25.7 Å². The molecule has 0 spiro atoms. The summed E-state index contributed by atoms with van der Waals surface area (Å²) in [7, 11) is 0. The monoisotopic (exact) mass is 260 g/mol. The van der Waals surface area contributed by atoms with Crippen LogP contribution in [-0.2, 0) is 4.74 Å². The Hall–Kier alpha value is -1.14. The largest absolute Gasteiger partial charge is 0.464 e. The number of halogens is 1. The summed E-state index contributed by atoms with van der Waals surface area (Å²) < 4.78 is 10.5. The molecule has 1 atom stereocenters. The first-order chi connectivity index (χ1) is 8.15. The van der Waals surface area contributed by atoms with Crippen molar-refractivity contribution in [3.8, 4) is 6.01 Å². The Balaban J connectivity index is 2.57. The van der Waals surface area contributed by atoms with Gasteiger partial charge in [0.2, 0.25) is 11.2 Å². The second-order valence-electron chi connectivity index (χ2n) is 3.29. The van der Waals surface area contributed by atoms with Gasteiger partial charge in [-0.2, -0.15) is 15.0 Å². The molecular weight excluding hydrogens is 244 g/mol. The van der Waals surface area contributed by atoms with Crippen molar-refractivity contribution >= 4 is 17.5 Å². The van der Waals surface area contributed by atoms with Crippen LogP contribution in [0.5, 0.6) is 6.01 Å². The molecule has 0 amide bonds. The molecule has 0 saturated heterocycles. The summed E-state index contributed by atoms with van der Waals surface area (Å²) in [5.74, 6) is 0.389. The Bertz CT molecular complexity index is 351. The maximum absolute atomic E-state index is 5.75. The fourth-order valence-electron chi connectivity index (χ4n) is 1.18. The zero-order valence-electron chi connectivity index (χ0n) is 10.2. The summed E-state index contributed by atoms with van der Waals surface area (Å²) in [6.45, 7) is 7.51. The maximum Gasteiger partial charge on any atom is 0.322 e. The van der Waals surface area contributed by atoms with E-state index in [1.165, 1.54) is 0 Å². The third kappa shape index (κ3) is 5.14. The van der Waals surface area contributed by atoms with E-state index in [2.05, 4.69) is 20.3 Å². The molecule has 1 aromatic rings. The van der Waals surface area contributed by atoms with Gasteiger partial charge in [0.15, 0.2) is 0 Å². The molecular formula is C10H17ClN4O2. The van der Waals surface area contributed by atoms with Gasteiger partial charge in [-0.05, 0) is 32.4 Å². The van der Waals surface area contributed by atoms with Crippen LogP contribution in [0.2, 0.25) is 5.28 Å². The van der Waals surface area contributed by atoms with Crippen LogP contribution in [-0.4, -0.2) is 40.8 Å². The Labute approximate surface area is 106 Å². The quantitative estimate of drug-likeness (QED) is 0.806. The number of ether oxygens (including phenoxy) is 2. The van der Waals surface area contributed by atoms with Crippen molar-refractivity contribution in [3.63, 3.8) is 0 Å². The van der Waals surface area contributed by atoms with Gasteiger partial charge in [-0.25, -0.2) is 0 Å². The summed E-state index contributed by atoms with van der Waals surface area (Å²) in [6, 6.07) is 0.221. The molecule has 0 aromatic carbocycles. The van der Waals surface area contributed by atoms with E-state index in [1.54, 1.807) is 0 Å². The molecule has 1 unspecified atom stereocenters. The van der Waals surface area contributed by atoms with Crippen LogP contribution >= 0.6 is 11.6 Å². The van der Waals surface area contributed by atoms with Gasteiger partial charge in [-0.1, -0.05) is 0 Å². The minimum Gasteiger partial charge on any atom is -0.464 e. The average molecular weight is 261 g/mol. The molecule has 0 fully saturated rings. The van der Waals surface area contributed by atoms with E-state index < -0.39 is 0 Å². The summed E-state index contributed by atoms with van der Waals surface area (Å²) in [5, 5.41) is 3.12. The van der Waals surface area contributed by atoms with Crippen molar-refractivity contribution in [2.75, 3.05) is 25.1 Å². The lowest BCUT2D eigenvalue weighted by atomic mass is 10.4. The molecule has 0 aliphatic heterocycles. The highest BCUT2D eigenvalue weighted by Gasteiger charge is 2.07. The first kappa shape index (κ1) is 13.9. The van der Waals surface area contributed by atoms with E-state index in [1.807, 2.05) is 20.8 Å². The number of aromatic nitrogens is 3. The molecule has 0 saturated carbocycles. The molecule has 0 aliphatic carbocycles. The summed E-state index contributed by atoms with van der Waals surface area (Å²) in [4.78, 5) is 11.8. The van der Waals surface area contributed by atoms with Gasteiger partial charge in [0.05, 0.1) is 12.7 Å². The van der Waals surface area contributed by atoms with E-state index in [-0.39, 0.29) is 17.4 Å². The fraction of sp³-hybridized carbons (Fsp3) is 0.700. The van der Waals surface area contributed by atoms with Gasteiger partial charge in [0.1, 0.15) is 0 Å². The standard InChI is InChI=1S/C10H17ClN4O2/c1-4-16-7(3)6-12-9-13-8(11)14-10(15-9)17-5-2/h7H,4-6H2,1-3H3,(H,12,13,14,15). The highest BCUT2D eigenvalue weighted by atomic mass is 35.5. The van der Waals surface area contributed by atoms with E-state index >= 15 is 0 Å². The number of hydrogen-bond donors (Lipinski definition) is 1. The van der Waals surface area contributed by atoms with Crippen LogP contribution in [0.15, 0.2) is 0 Å². The van der Waals surface area contributed by atoms with Crippen LogP contribution in [0.3, 0.4) is 0 Å². The highest BCUT2D eigenvalue weighted by Crippen LogP contribution is 2.11. The minimum atomic E-state index is 0.0751. The third-order valence-corrected chi connectivity index (χ3v) is 2.03. The Kier molecular flexibility index (Phi) is 5.93. The van der Waals surface area contributed by atoms with Crippen molar-refractivity contribution in [1.29, 1.82) is 0 Å². The van der Waals surface area contributed by atoms with E-state index in [9.17, 15) is 0 Å². The molecule has 17 heavy (non-hydrogen) atoms. The fourth-order valence-corrected chi connectivity index (χ4v) is 1.34. The topological polar surface area (TPSA) is 69.2 Å². The Morgan fingerprint density at radius 2 is 2.00 bits per heavy atom. The second kappa shape index (κ2) is 7.24.